The fourth-order valence-corrected chi connectivity index (χ4v) is 10.1. The monoisotopic (exact) mass is 928 g/mol. The topological polar surface area (TPSA) is 212 Å². The van der Waals surface area contributed by atoms with Crippen LogP contribution >= 0.6 is 0 Å². The van der Waals surface area contributed by atoms with Gasteiger partial charge in [-0.2, -0.15) is 0 Å². The Morgan fingerprint density at radius 1 is 0.894 bits per heavy atom. The zero-order valence-electron chi connectivity index (χ0n) is 40.6. The van der Waals surface area contributed by atoms with E-state index in [-0.39, 0.29) is 61.2 Å². The second kappa shape index (κ2) is 25.5. The van der Waals surface area contributed by atoms with Crippen LogP contribution in [0.15, 0.2) is 47.6 Å². The third-order valence-electron chi connectivity index (χ3n) is 14.4. The van der Waals surface area contributed by atoms with Gasteiger partial charge in [0.25, 0.3) is 18.2 Å². The number of aliphatic hydroxyl groups is 3. The first-order valence-electron chi connectivity index (χ1n) is 24.0. The molecule has 66 heavy (non-hydrogen) atoms. The van der Waals surface area contributed by atoms with E-state index in [1.807, 2.05) is 26.0 Å². The standard InChI is InChI=1S/C51H77NO14/c1-30-15-11-10-12-16-31(2)42(64-29-53)27-38-20-18-36(7)51(61,66-38)48(58)49(59)52-22-14-13-17-39(52)50(60)65-43(33(4)25-37-19-21-40(54)44(26-37)62-8)28-41(55)32(3)24-35(6)46(57)47(63-9)45(56)34(5)23-30/h10-12,15-16,24,29-30,32-34,36-40,42-44,46-47,54,57,61H,13-14,17-23,25-28H2,1-9H3/b12-10+,15-11+,31-16+,35-24+/t30-,32-,33-,34-,36-,37+,38+,39+,40-,42-,43+,44-,46-,47+,51-/m1/s1. The minimum Gasteiger partial charge on any atom is -0.460 e. The van der Waals surface area contributed by atoms with Gasteiger partial charge in [-0.15, -0.1) is 0 Å². The van der Waals surface area contributed by atoms with Crippen LogP contribution in [0, 0.1) is 35.5 Å². The molecule has 3 fully saturated rings. The number of ether oxygens (including phenoxy) is 5. The molecule has 15 heteroatoms. The molecule has 0 radical (unpaired) electrons. The van der Waals surface area contributed by atoms with Gasteiger partial charge in [0, 0.05) is 51.4 Å². The Balaban J connectivity index is 1.71. The molecule has 0 unspecified atom stereocenters. The van der Waals surface area contributed by atoms with Crippen LogP contribution in [0.3, 0.4) is 0 Å². The van der Waals surface area contributed by atoms with E-state index in [1.165, 1.54) is 7.11 Å². The maximum absolute atomic E-state index is 14.4. The first kappa shape index (κ1) is 54.7. The van der Waals surface area contributed by atoms with E-state index in [0.717, 1.165) is 4.90 Å². The number of hydrogen-bond acceptors (Lipinski definition) is 14. The Kier molecular flexibility index (Phi) is 21.1. The molecule has 370 valence electrons. The molecule has 3 aliphatic heterocycles. The highest BCUT2D eigenvalue weighted by molar-refractivity contribution is 6.39. The molecule has 0 aromatic heterocycles. The summed E-state index contributed by atoms with van der Waals surface area (Å²) in [7, 11) is 2.92. The molecule has 0 aromatic carbocycles. The van der Waals surface area contributed by atoms with Gasteiger partial charge in [0.05, 0.1) is 18.3 Å². The molecule has 4 aliphatic rings. The van der Waals surface area contributed by atoms with E-state index in [0.29, 0.717) is 75.4 Å². The number of piperidine rings is 1. The van der Waals surface area contributed by atoms with E-state index >= 15 is 0 Å². The first-order chi connectivity index (χ1) is 31.2. The summed E-state index contributed by atoms with van der Waals surface area (Å²) >= 11 is 0. The number of hydrogen-bond donors (Lipinski definition) is 3. The number of fused-ring (bicyclic) bond motifs is 3. The summed E-state index contributed by atoms with van der Waals surface area (Å²) in [4.78, 5) is 83.4. The second-order valence-electron chi connectivity index (χ2n) is 19.6. The maximum Gasteiger partial charge on any atom is 0.329 e. The lowest BCUT2D eigenvalue weighted by molar-refractivity contribution is -0.265. The van der Waals surface area contributed by atoms with Crippen molar-refractivity contribution < 1.29 is 67.8 Å². The van der Waals surface area contributed by atoms with Crippen molar-refractivity contribution >= 4 is 35.7 Å². The smallest absolute Gasteiger partial charge is 0.329 e. The normalized spacial score (nSPS) is 39.8. The van der Waals surface area contributed by atoms with Crippen molar-refractivity contribution in [2.24, 2.45) is 35.5 Å². The molecule has 4 rings (SSSR count). The Morgan fingerprint density at radius 3 is 2.30 bits per heavy atom. The molecule has 15 atom stereocenters. The van der Waals surface area contributed by atoms with Crippen molar-refractivity contribution in [2.75, 3.05) is 20.8 Å². The lowest BCUT2D eigenvalue weighted by Gasteiger charge is -2.42. The van der Waals surface area contributed by atoms with Gasteiger partial charge >= 0.3 is 5.97 Å². The number of ketones is 3. The van der Waals surface area contributed by atoms with Crippen LogP contribution in [0.4, 0.5) is 0 Å². The first-order valence-corrected chi connectivity index (χ1v) is 24.0. The Labute approximate surface area is 391 Å². The molecule has 0 spiro atoms. The van der Waals surface area contributed by atoms with Crippen LogP contribution in [0.2, 0.25) is 0 Å². The van der Waals surface area contributed by atoms with E-state index < -0.39 is 83.9 Å². The third kappa shape index (κ3) is 14.3. The second-order valence-corrected chi connectivity index (χ2v) is 19.6. The van der Waals surface area contributed by atoms with Gasteiger partial charge in [0.15, 0.2) is 5.78 Å². The Morgan fingerprint density at radius 2 is 1.62 bits per heavy atom. The fraction of sp³-hybridized carbons (Fsp3) is 0.725. The molecular weight excluding hydrogens is 851 g/mol. The number of amides is 1. The fourth-order valence-electron chi connectivity index (χ4n) is 10.1. The van der Waals surface area contributed by atoms with Crippen LogP contribution in [-0.4, -0.2) is 131 Å². The summed E-state index contributed by atoms with van der Waals surface area (Å²) in [5, 5.41) is 33.8. The highest BCUT2D eigenvalue weighted by Gasteiger charge is 2.53. The van der Waals surface area contributed by atoms with E-state index in [9.17, 15) is 44.1 Å². The number of esters is 1. The summed E-state index contributed by atoms with van der Waals surface area (Å²) in [6.07, 6.45) is 9.49. The van der Waals surface area contributed by atoms with Gasteiger partial charge in [-0.3, -0.25) is 24.0 Å². The third-order valence-corrected chi connectivity index (χ3v) is 14.4. The maximum atomic E-state index is 14.4. The van der Waals surface area contributed by atoms with E-state index in [4.69, 9.17) is 23.7 Å². The average Bonchev–Trinajstić information content (AvgIpc) is 3.29. The molecule has 3 N–H and O–H groups in total. The van der Waals surface area contributed by atoms with Crippen molar-refractivity contribution in [1.29, 1.82) is 0 Å². The lowest BCUT2D eigenvalue weighted by Crippen LogP contribution is -2.61. The molecule has 2 bridgehead atoms. The summed E-state index contributed by atoms with van der Waals surface area (Å²) in [6, 6.07) is -1.18. The van der Waals surface area contributed by atoms with Crippen molar-refractivity contribution in [2.45, 2.75) is 180 Å². The number of methoxy groups -OCH3 is 2. The summed E-state index contributed by atoms with van der Waals surface area (Å²) in [5.41, 5.74) is 1.03. The SMILES string of the molecule is CO[C@@H]1C[C@H](C[C@@H](C)[C@@H]2CC(=O)[C@H](C)/C=C(\C)[C@@H](O)[C@@H](OC)C(=O)[C@H](C)C[C@H](C)/C=C/C=C/C=C(\C)[C@H](OC=O)C[C@@H]3CC[C@@H](C)[C@@](O)(O3)C(=O)C(=O)N3CCCC[C@H]3C(=O)O2)CC[C@H]1O. The highest BCUT2D eigenvalue weighted by atomic mass is 16.6. The number of allylic oxidation sites excluding steroid dienone is 6. The molecule has 1 saturated carbocycles. The molecular formula is C51H77NO14. The molecule has 1 amide bonds. The zero-order valence-corrected chi connectivity index (χ0v) is 40.6. The number of Topliss-reactive ketones (excluding diaryl/α,β-unsaturated/α-hetero) is 3. The number of cyclic esters (lactones) is 1. The van der Waals surface area contributed by atoms with Crippen LogP contribution < -0.4 is 0 Å². The van der Waals surface area contributed by atoms with Gasteiger partial charge in [-0.1, -0.05) is 71.1 Å². The average molecular weight is 928 g/mol. The van der Waals surface area contributed by atoms with E-state index in [1.54, 1.807) is 66.0 Å². The predicted molar refractivity (Wildman–Crippen MR) is 245 cm³/mol. The minimum atomic E-state index is -2.52. The quantitative estimate of drug-likeness (QED) is 0.121. The van der Waals surface area contributed by atoms with Crippen molar-refractivity contribution in [3.8, 4) is 0 Å². The summed E-state index contributed by atoms with van der Waals surface area (Å²) < 4.78 is 28.9. The van der Waals surface area contributed by atoms with Gasteiger partial charge in [0.1, 0.15) is 36.2 Å². The van der Waals surface area contributed by atoms with Crippen LogP contribution in [0.5, 0.6) is 0 Å². The number of aliphatic hydroxyl groups excluding tert-OH is 2. The number of rotatable bonds is 7. The predicted octanol–water partition coefficient (Wildman–Crippen LogP) is 5.71. The van der Waals surface area contributed by atoms with Crippen LogP contribution in [-0.2, 0) is 52.5 Å². The molecule has 3 heterocycles. The van der Waals surface area contributed by atoms with Crippen molar-refractivity contribution in [3.05, 3.63) is 47.6 Å². The molecule has 2 saturated heterocycles. The number of carbonyl (C=O) groups excluding carboxylic acids is 6. The van der Waals surface area contributed by atoms with Gasteiger partial charge < -0.3 is 43.9 Å². The van der Waals surface area contributed by atoms with Crippen molar-refractivity contribution in [1.82, 2.24) is 4.90 Å². The van der Waals surface area contributed by atoms with Gasteiger partial charge in [0.2, 0.25) is 5.79 Å². The summed E-state index contributed by atoms with van der Waals surface area (Å²) in [5.74, 6) is -8.45. The van der Waals surface area contributed by atoms with Crippen LogP contribution in [0.25, 0.3) is 0 Å². The van der Waals surface area contributed by atoms with Gasteiger partial charge in [-0.25, -0.2) is 4.79 Å². The Bertz CT molecular complexity index is 1810. The lowest BCUT2D eigenvalue weighted by atomic mass is 9.78. The number of carbonyl (C=O) groups is 6. The van der Waals surface area contributed by atoms with Crippen molar-refractivity contribution in [3.63, 3.8) is 0 Å². The van der Waals surface area contributed by atoms with E-state index in [2.05, 4.69) is 0 Å². The molecule has 1 aliphatic carbocycles. The minimum absolute atomic E-state index is 0.0275. The zero-order chi connectivity index (χ0) is 48.9. The molecule has 15 nitrogen and oxygen atoms in total. The highest BCUT2D eigenvalue weighted by Crippen LogP contribution is 2.38. The largest absolute Gasteiger partial charge is 0.460 e. The Hall–Kier alpha value is -3.86. The van der Waals surface area contributed by atoms with Gasteiger partial charge in [-0.05, 0) is 107 Å². The van der Waals surface area contributed by atoms with Crippen LogP contribution in [0.1, 0.15) is 126 Å². The molecule has 0 aromatic rings. The summed E-state index contributed by atoms with van der Waals surface area (Å²) in [6.45, 7) is 12.7. The number of nitrogens with zero attached hydrogens (tertiary/aromatic N) is 1.